The van der Waals surface area contributed by atoms with Crippen molar-refractivity contribution in [3.8, 4) is 0 Å². The molecule has 0 radical (unpaired) electrons. The fourth-order valence-corrected chi connectivity index (χ4v) is 1.42. The van der Waals surface area contributed by atoms with Crippen LogP contribution in [0, 0.1) is 0 Å². The van der Waals surface area contributed by atoms with Crippen LogP contribution in [0.15, 0.2) is 64.0 Å². The quantitative estimate of drug-likeness (QED) is 0.471. The van der Waals surface area contributed by atoms with E-state index in [1.807, 2.05) is 32.1 Å². The third-order valence-corrected chi connectivity index (χ3v) is 2.42. The lowest BCUT2D eigenvalue weighted by atomic mass is 10.2. The second kappa shape index (κ2) is 10.2. The zero-order valence-corrected chi connectivity index (χ0v) is 11.0. The van der Waals surface area contributed by atoms with Gasteiger partial charge in [-0.3, -0.25) is 4.99 Å². The molecule has 0 aliphatic heterocycles. The van der Waals surface area contributed by atoms with Crippen molar-refractivity contribution in [3.63, 3.8) is 0 Å². The van der Waals surface area contributed by atoms with E-state index >= 15 is 0 Å². The standard InChI is InChI=1S/C14H19NS/c1-5-8-13(3)9-7-12-16-14(4)10-11-15-6-2/h5-12H,2H2,1,3-4H3/b8-5-,12-7+,13-9-,14-10+,15-11?. The molecule has 0 heterocycles. The van der Waals surface area contributed by atoms with Crippen LogP contribution in [0.2, 0.25) is 0 Å². The molecule has 0 aliphatic carbocycles. The zero-order valence-electron chi connectivity index (χ0n) is 10.2. The second-order valence-corrected chi connectivity index (χ2v) is 4.27. The van der Waals surface area contributed by atoms with Crippen molar-refractivity contribution in [2.75, 3.05) is 0 Å². The largest absolute Gasteiger partial charge is 0.265 e. The molecule has 0 atom stereocenters. The molecule has 0 aromatic rings. The van der Waals surface area contributed by atoms with Gasteiger partial charge in [-0.25, -0.2) is 0 Å². The lowest BCUT2D eigenvalue weighted by Gasteiger charge is -1.91. The van der Waals surface area contributed by atoms with Crippen molar-refractivity contribution in [2.24, 2.45) is 4.99 Å². The summed E-state index contributed by atoms with van der Waals surface area (Å²) in [5.41, 5.74) is 1.24. The maximum absolute atomic E-state index is 3.90. The number of nitrogens with zero attached hydrogens (tertiary/aromatic N) is 1. The zero-order chi connectivity index (χ0) is 12.2. The molecule has 0 aromatic carbocycles. The van der Waals surface area contributed by atoms with Gasteiger partial charge in [0.15, 0.2) is 0 Å². The molecule has 86 valence electrons. The average molecular weight is 233 g/mol. The van der Waals surface area contributed by atoms with E-state index in [4.69, 9.17) is 0 Å². The Labute approximate surface area is 103 Å². The monoisotopic (exact) mass is 233 g/mol. The highest BCUT2D eigenvalue weighted by Gasteiger charge is 1.82. The maximum atomic E-state index is 3.90. The van der Waals surface area contributed by atoms with Gasteiger partial charge in [0, 0.05) is 12.4 Å². The van der Waals surface area contributed by atoms with Gasteiger partial charge in [0.05, 0.1) is 0 Å². The Kier molecular flexibility index (Phi) is 9.43. The molecule has 0 saturated carbocycles. The lowest BCUT2D eigenvalue weighted by molar-refractivity contribution is 1.50. The third-order valence-electron chi connectivity index (χ3n) is 1.62. The number of hydrogen-bond acceptors (Lipinski definition) is 2. The molecule has 0 fully saturated rings. The van der Waals surface area contributed by atoms with Crippen molar-refractivity contribution in [1.29, 1.82) is 0 Å². The topological polar surface area (TPSA) is 12.4 Å². The van der Waals surface area contributed by atoms with E-state index in [9.17, 15) is 0 Å². The van der Waals surface area contributed by atoms with E-state index < -0.39 is 0 Å². The summed E-state index contributed by atoms with van der Waals surface area (Å²) in [5, 5.41) is 2.06. The Balaban J connectivity index is 4.09. The van der Waals surface area contributed by atoms with Crippen LogP contribution in [-0.4, -0.2) is 6.21 Å². The predicted molar refractivity (Wildman–Crippen MR) is 77.7 cm³/mol. The molecule has 16 heavy (non-hydrogen) atoms. The Morgan fingerprint density at radius 2 is 2.00 bits per heavy atom. The fourth-order valence-electron chi connectivity index (χ4n) is 0.904. The summed E-state index contributed by atoms with van der Waals surface area (Å²) in [6.07, 6.45) is 13.5. The van der Waals surface area contributed by atoms with Crippen LogP contribution in [0.5, 0.6) is 0 Å². The summed E-state index contributed by atoms with van der Waals surface area (Å²) in [4.78, 5) is 5.09. The van der Waals surface area contributed by atoms with E-state index in [2.05, 4.69) is 36.1 Å². The first-order chi connectivity index (χ1) is 7.70. The number of allylic oxidation sites excluding steroid dienone is 7. The van der Waals surface area contributed by atoms with Gasteiger partial charge in [0.25, 0.3) is 0 Å². The lowest BCUT2D eigenvalue weighted by Crippen LogP contribution is -1.67. The minimum Gasteiger partial charge on any atom is -0.265 e. The van der Waals surface area contributed by atoms with E-state index in [1.54, 1.807) is 18.0 Å². The normalized spacial score (nSPS) is 14.4. The van der Waals surface area contributed by atoms with Crippen LogP contribution in [0.25, 0.3) is 0 Å². The smallest absolute Gasteiger partial charge is 0.0275 e. The molecular formula is C14H19NS. The molecule has 1 nitrogen and oxygen atoms in total. The summed E-state index contributed by atoms with van der Waals surface area (Å²) < 4.78 is 0. The average Bonchev–Trinajstić information content (AvgIpc) is 2.25. The highest BCUT2D eigenvalue weighted by Crippen LogP contribution is 2.15. The number of thioether (sulfide) groups is 1. The number of aliphatic imine (C=N–C) groups is 1. The fraction of sp³-hybridized carbons (Fsp3) is 0.214. The Morgan fingerprint density at radius 3 is 2.62 bits per heavy atom. The van der Waals surface area contributed by atoms with Crippen LogP contribution in [0.1, 0.15) is 20.8 Å². The summed E-state index contributed by atoms with van der Waals surface area (Å²) in [5.74, 6) is 0. The molecule has 0 saturated heterocycles. The van der Waals surface area contributed by atoms with Crippen molar-refractivity contribution < 1.29 is 0 Å². The Morgan fingerprint density at radius 1 is 1.25 bits per heavy atom. The van der Waals surface area contributed by atoms with Crippen molar-refractivity contribution in [2.45, 2.75) is 20.8 Å². The molecule has 0 amide bonds. The van der Waals surface area contributed by atoms with Gasteiger partial charge in [-0.2, -0.15) is 0 Å². The Bertz CT molecular complexity index is 344. The van der Waals surface area contributed by atoms with E-state index in [0.29, 0.717) is 0 Å². The van der Waals surface area contributed by atoms with Crippen molar-refractivity contribution >= 4 is 18.0 Å². The van der Waals surface area contributed by atoms with Crippen LogP contribution < -0.4 is 0 Å². The van der Waals surface area contributed by atoms with Gasteiger partial charge in [-0.15, -0.1) is 11.8 Å². The summed E-state index contributed by atoms with van der Waals surface area (Å²) in [7, 11) is 0. The Hall–Kier alpha value is -1.28. The summed E-state index contributed by atoms with van der Waals surface area (Å²) >= 11 is 1.67. The third kappa shape index (κ3) is 9.28. The van der Waals surface area contributed by atoms with E-state index in [0.717, 1.165) is 0 Å². The number of hydrogen-bond donors (Lipinski definition) is 0. The minimum atomic E-state index is 1.19. The predicted octanol–water partition coefficient (Wildman–Crippen LogP) is 4.87. The molecule has 2 heteroatoms. The van der Waals surface area contributed by atoms with Gasteiger partial charge >= 0.3 is 0 Å². The molecule has 0 unspecified atom stereocenters. The molecule has 0 bridgehead atoms. The molecule has 0 aromatic heterocycles. The van der Waals surface area contributed by atoms with Gasteiger partial charge in [-0.05, 0) is 37.2 Å². The first-order valence-corrected chi connectivity index (χ1v) is 6.02. The molecule has 0 rings (SSSR count). The van der Waals surface area contributed by atoms with Gasteiger partial charge in [0.1, 0.15) is 0 Å². The second-order valence-electron chi connectivity index (χ2n) is 3.12. The molecule has 0 spiro atoms. The van der Waals surface area contributed by atoms with Gasteiger partial charge in [-0.1, -0.05) is 36.5 Å². The first kappa shape index (κ1) is 14.7. The summed E-state index contributed by atoms with van der Waals surface area (Å²) in [6, 6.07) is 0. The van der Waals surface area contributed by atoms with Crippen LogP contribution in [0.4, 0.5) is 0 Å². The minimum absolute atomic E-state index is 1.19. The number of rotatable bonds is 6. The van der Waals surface area contributed by atoms with Gasteiger partial charge in [0.2, 0.25) is 0 Å². The maximum Gasteiger partial charge on any atom is 0.0275 e. The van der Waals surface area contributed by atoms with E-state index in [-0.39, 0.29) is 0 Å². The van der Waals surface area contributed by atoms with Crippen LogP contribution in [0.3, 0.4) is 0 Å². The highest BCUT2D eigenvalue weighted by molar-refractivity contribution is 8.05. The molecular weight excluding hydrogens is 214 g/mol. The first-order valence-electron chi connectivity index (χ1n) is 5.14. The van der Waals surface area contributed by atoms with Crippen LogP contribution >= 0.6 is 11.8 Å². The molecule has 0 N–H and O–H groups in total. The highest BCUT2D eigenvalue weighted by atomic mass is 32.2. The van der Waals surface area contributed by atoms with Crippen molar-refractivity contribution in [1.82, 2.24) is 0 Å². The summed E-state index contributed by atoms with van der Waals surface area (Å²) in [6.45, 7) is 9.65. The van der Waals surface area contributed by atoms with E-state index in [1.165, 1.54) is 16.7 Å². The SMILES string of the molecule is C=CN=C/C=C(\C)S/C=C/C=C(C)\C=C/C. The van der Waals surface area contributed by atoms with Gasteiger partial charge < -0.3 is 0 Å². The van der Waals surface area contributed by atoms with Crippen molar-refractivity contribution in [3.05, 3.63) is 59.0 Å². The molecule has 0 aliphatic rings. The van der Waals surface area contributed by atoms with Crippen LogP contribution in [-0.2, 0) is 0 Å².